The van der Waals surface area contributed by atoms with Crippen LogP contribution < -0.4 is 10.5 Å². The topological polar surface area (TPSA) is 96.3 Å². The molecular weight excluding hydrogens is 244 g/mol. The number of hydrogen-bond acceptors (Lipinski definition) is 5. The number of ether oxygens (including phenoxy) is 1. The lowest BCUT2D eigenvalue weighted by atomic mass is 10.1. The van der Waals surface area contributed by atoms with Gasteiger partial charge in [-0.1, -0.05) is 12.1 Å². The number of allylic oxidation sites excluding steroid dienone is 1. The van der Waals surface area contributed by atoms with Crippen molar-refractivity contribution < 1.29 is 14.6 Å². The van der Waals surface area contributed by atoms with Crippen molar-refractivity contribution in [3.8, 4) is 11.8 Å². The number of nitrogens with two attached hydrogens (primary N) is 1. The predicted octanol–water partition coefficient (Wildman–Crippen LogP) is 0.926. The molecule has 0 aromatic heterocycles. The highest BCUT2D eigenvalue weighted by atomic mass is 16.5. The van der Waals surface area contributed by atoms with E-state index in [1.807, 2.05) is 12.1 Å². The zero-order valence-corrected chi connectivity index (χ0v) is 10.7. The van der Waals surface area contributed by atoms with E-state index < -0.39 is 5.78 Å². The molecule has 0 aliphatic carbocycles. The minimum Gasteiger partial charge on any atom is -0.485 e. The minimum atomic E-state index is -0.443. The number of aliphatic hydroxyl groups excluding tert-OH is 1. The first-order valence-corrected chi connectivity index (χ1v) is 5.80. The van der Waals surface area contributed by atoms with Crippen LogP contribution in [-0.2, 0) is 11.2 Å². The number of nitrogens with zero attached hydrogens (tertiary/aromatic N) is 1. The number of carbonyl (C=O) groups excluding carboxylic acids is 1. The number of Topliss-reactive ketones (excluding diaryl/α,β-unsaturated/α-hetero) is 1. The van der Waals surface area contributed by atoms with E-state index in [1.165, 1.54) is 6.92 Å². The number of ketones is 1. The van der Waals surface area contributed by atoms with Gasteiger partial charge in [-0.3, -0.25) is 4.79 Å². The third-order valence-electron chi connectivity index (χ3n) is 2.48. The lowest BCUT2D eigenvalue weighted by Gasteiger charge is -2.06. The first-order chi connectivity index (χ1) is 9.08. The Morgan fingerprint density at radius 2 is 2.05 bits per heavy atom. The average Bonchev–Trinajstić information content (AvgIpc) is 2.38. The van der Waals surface area contributed by atoms with Crippen LogP contribution in [0.15, 0.2) is 35.5 Å². The van der Waals surface area contributed by atoms with E-state index in [1.54, 1.807) is 18.2 Å². The maximum atomic E-state index is 11.6. The Bertz CT molecular complexity index is 508. The van der Waals surface area contributed by atoms with Crippen LogP contribution in [0.3, 0.4) is 0 Å². The Morgan fingerprint density at radius 3 is 2.53 bits per heavy atom. The Kier molecular flexibility index (Phi) is 5.58. The van der Waals surface area contributed by atoms with Gasteiger partial charge in [-0.25, -0.2) is 0 Å². The number of rotatable bonds is 6. The van der Waals surface area contributed by atoms with Crippen molar-refractivity contribution in [2.75, 3.05) is 13.2 Å². The molecule has 100 valence electrons. The molecule has 0 amide bonds. The monoisotopic (exact) mass is 260 g/mol. The molecule has 0 bridgehead atoms. The largest absolute Gasteiger partial charge is 0.485 e. The van der Waals surface area contributed by atoms with Gasteiger partial charge in [0.25, 0.3) is 0 Å². The molecule has 1 aromatic rings. The first kappa shape index (κ1) is 14.7. The number of carbonyl (C=O) groups is 1. The van der Waals surface area contributed by atoms with Crippen molar-refractivity contribution in [3.05, 3.63) is 41.1 Å². The van der Waals surface area contributed by atoms with Crippen molar-refractivity contribution >= 4 is 5.78 Å². The van der Waals surface area contributed by atoms with E-state index >= 15 is 0 Å². The van der Waals surface area contributed by atoms with E-state index in [0.717, 1.165) is 5.56 Å². The van der Waals surface area contributed by atoms with Crippen LogP contribution in [-0.4, -0.2) is 24.1 Å². The summed E-state index contributed by atoms with van der Waals surface area (Å²) in [4.78, 5) is 11.6. The van der Waals surface area contributed by atoms with Gasteiger partial charge < -0.3 is 15.6 Å². The lowest BCUT2D eigenvalue weighted by Crippen LogP contribution is -2.16. The molecule has 0 unspecified atom stereocenters. The second-order valence-corrected chi connectivity index (χ2v) is 4.00. The Morgan fingerprint density at radius 1 is 1.42 bits per heavy atom. The zero-order chi connectivity index (χ0) is 14.3. The fourth-order valence-corrected chi connectivity index (χ4v) is 1.47. The van der Waals surface area contributed by atoms with Gasteiger partial charge in [-0.15, -0.1) is 0 Å². The fourth-order valence-electron chi connectivity index (χ4n) is 1.47. The van der Waals surface area contributed by atoms with E-state index in [9.17, 15) is 4.79 Å². The second-order valence-electron chi connectivity index (χ2n) is 4.00. The Balaban J connectivity index is 2.60. The Hall–Kier alpha value is -2.32. The van der Waals surface area contributed by atoms with Crippen LogP contribution in [0, 0.1) is 11.3 Å². The van der Waals surface area contributed by atoms with Crippen molar-refractivity contribution in [1.29, 1.82) is 5.26 Å². The summed E-state index contributed by atoms with van der Waals surface area (Å²) in [7, 11) is 0. The standard InChI is InChI=1S/C14H16N2O3/c1-10(16)13(8-15)14(18)9-19-12-4-2-11(3-5-12)6-7-17/h2-5,17H,6-7,9,16H2,1H3/b13-10+. The molecule has 5 heteroatoms. The maximum Gasteiger partial charge on any atom is 0.212 e. The highest BCUT2D eigenvalue weighted by Gasteiger charge is 2.12. The van der Waals surface area contributed by atoms with Gasteiger partial charge in [-0.05, 0) is 31.0 Å². The Labute approximate surface area is 111 Å². The third-order valence-corrected chi connectivity index (χ3v) is 2.48. The molecule has 0 saturated carbocycles. The average molecular weight is 260 g/mol. The molecule has 3 N–H and O–H groups in total. The van der Waals surface area contributed by atoms with Crippen LogP contribution in [0.5, 0.6) is 5.75 Å². The van der Waals surface area contributed by atoms with Crippen LogP contribution in [0.2, 0.25) is 0 Å². The normalized spacial score (nSPS) is 11.4. The predicted molar refractivity (Wildman–Crippen MR) is 70.2 cm³/mol. The third kappa shape index (κ3) is 4.45. The smallest absolute Gasteiger partial charge is 0.212 e. The molecule has 0 radical (unpaired) electrons. The molecule has 5 nitrogen and oxygen atoms in total. The molecule has 0 aliphatic heterocycles. The van der Waals surface area contributed by atoms with E-state index in [-0.39, 0.29) is 24.5 Å². The van der Waals surface area contributed by atoms with Gasteiger partial charge in [0.1, 0.15) is 17.4 Å². The summed E-state index contributed by atoms with van der Waals surface area (Å²) < 4.78 is 5.28. The fraction of sp³-hybridized carbons (Fsp3) is 0.286. The molecule has 19 heavy (non-hydrogen) atoms. The van der Waals surface area contributed by atoms with Crippen LogP contribution >= 0.6 is 0 Å². The quantitative estimate of drug-likeness (QED) is 0.585. The van der Waals surface area contributed by atoms with Crippen molar-refractivity contribution in [1.82, 2.24) is 0 Å². The van der Waals surface area contributed by atoms with Gasteiger partial charge in [-0.2, -0.15) is 5.26 Å². The summed E-state index contributed by atoms with van der Waals surface area (Å²) in [6.07, 6.45) is 0.576. The summed E-state index contributed by atoms with van der Waals surface area (Å²) in [6.45, 7) is 1.36. The molecule has 0 atom stereocenters. The zero-order valence-electron chi connectivity index (χ0n) is 10.7. The summed E-state index contributed by atoms with van der Waals surface area (Å²) >= 11 is 0. The second kappa shape index (κ2) is 7.19. The first-order valence-electron chi connectivity index (χ1n) is 5.80. The molecule has 1 aromatic carbocycles. The van der Waals surface area contributed by atoms with E-state index in [4.69, 9.17) is 20.8 Å². The summed E-state index contributed by atoms with van der Waals surface area (Å²) in [5.41, 5.74) is 6.53. The van der Waals surface area contributed by atoms with Crippen molar-refractivity contribution in [2.45, 2.75) is 13.3 Å². The van der Waals surface area contributed by atoms with Crippen molar-refractivity contribution in [2.24, 2.45) is 5.73 Å². The van der Waals surface area contributed by atoms with Gasteiger partial charge >= 0.3 is 0 Å². The summed E-state index contributed by atoms with van der Waals surface area (Å²) in [5.74, 6) is 0.0870. The van der Waals surface area contributed by atoms with Crippen LogP contribution in [0.25, 0.3) is 0 Å². The van der Waals surface area contributed by atoms with E-state index in [0.29, 0.717) is 12.2 Å². The SMILES string of the molecule is C/C(N)=C(/C#N)C(=O)COc1ccc(CCO)cc1. The molecule has 0 spiro atoms. The summed E-state index contributed by atoms with van der Waals surface area (Å²) in [5, 5.41) is 17.6. The van der Waals surface area contributed by atoms with Gasteiger partial charge in [0, 0.05) is 12.3 Å². The number of nitriles is 1. The minimum absolute atomic E-state index is 0.0723. The molecular formula is C14H16N2O3. The molecule has 0 aliphatic rings. The molecule has 0 fully saturated rings. The molecule has 0 saturated heterocycles. The number of benzene rings is 1. The summed E-state index contributed by atoms with van der Waals surface area (Å²) in [6, 6.07) is 8.81. The maximum absolute atomic E-state index is 11.6. The van der Waals surface area contributed by atoms with Gasteiger partial charge in [0.05, 0.1) is 0 Å². The lowest BCUT2D eigenvalue weighted by molar-refractivity contribution is -0.117. The van der Waals surface area contributed by atoms with E-state index in [2.05, 4.69) is 0 Å². The van der Waals surface area contributed by atoms with Gasteiger partial charge in [0.2, 0.25) is 5.78 Å². The molecule has 1 rings (SSSR count). The highest BCUT2D eigenvalue weighted by molar-refractivity contribution is 6.00. The number of aliphatic hydroxyl groups is 1. The van der Waals surface area contributed by atoms with Crippen LogP contribution in [0.1, 0.15) is 12.5 Å². The van der Waals surface area contributed by atoms with Crippen molar-refractivity contribution in [3.63, 3.8) is 0 Å². The highest BCUT2D eigenvalue weighted by Crippen LogP contribution is 2.13. The van der Waals surface area contributed by atoms with Crippen LogP contribution in [0.4, 0.5) is 0 Å². The molecule has 0 heterocycles. The number of hydrogen-bond donors (Lipinski definition) is 2. The van der Waals surface area contributed by atoms with Gasteiger partial charge in [0.15, 0.2) is 6.61 Å².